The topological polar surface area (TPSA) is 40.0 Å². The molecule has 6 heteroatoms. The van der Waals surface area contributed by atoms with Crippen LogP contribution in [0.2, 0.25) is 0 Å². The quantitative estimate of drug-likeness (QED) is 0.513. The van der Waals surface area contributed by atoms with E-state index in [1.807, 2.05) is 19.1 Å². The Balaban J connectivity index is 2.38. The third-order valence-electron chi connectivity index (χ3n) is 2.60. The van der Waals surface area contributed by atoms with Gasteiger partial charge in [-0.3, -0.25) is 0 Å². The lowest BCUT2D eigenvalue weighted by atomic mass is 10.3. The molecule has 21 heavy (non-hydrogen) atoms. The van der Waals surface area contributed by atoms with E-state index in [0.717, 1.165) is 12.2 Å². The fourth-order valence-corrected chi connectivity index (χ4v) is 1.35. The summed E-state index contributed by atoms with van der Waals surface area (Å²) in [7, 11) is 0. The van der Waals surface area contributed by atoms with Crippen LogP contribution in [0, 0.1) is 0 Å². The van der Waals surface area contributed by atoms with Crippen molar-refractivity contribution in [1.29, 1.82) is 0 Å². The molecule has 0 amide bonds. The Morgan fingerprint density at radius 1 is 1.19 bits per heavy atom. The van der Waals surface area contributed by atoms with Gasteiger partial charge < -0.3 is 14.3 Å². The SMILES string of the molecule is CCC(C)Oc1ccc(OCC(C)=NOCC(F)F)cc1. The van der Waals surface area contributed by atoms with Gasteiger partial charge in [-0.05, 0) is 44.5 Å². The molecule has 0 aliphatic rings. The van der Waals surface area contributed by atoms with E-state index in [0.29, 0.717) is 11.5 Å². The first-order chi connectivity index (χ1) is 10.0. The smallest absolute Gasteiger partial charge is 0.274 e. The maximum Gasteiger partial charge on any atom is 0.274 e. The zero-order valence-electron chi connectivity index (χ0n) is 12.5. The van der Waals surface area contributed by atoms with Gasteiger partial charge in [0, 0.05) is 0 Å². The molecule has 1 aromatic carbocycles. The molecule has 0 heterocycles. The van der Waals surface area contributed by atoms with Gasteiger partial charge in [-0.15, -0.1) is 0 Å². The molecule has 1 atom stereocenters. The highest BCUT2D eigenvalue weighted by Gasteiger charge is 2.03. The molecule has 0 aliphatic heterocycles. The summed E-state index contributed by atoms with van der Waals surface area (Å²) in [4.78, 5) is 4.46. The summed E-state index contributed by atoms with van der Waals surface area (Å²) in [5.41, 5.74) is 0.482. The third kappa shape index (κ3) is 7.48. The third-order valence-corrected chi connectivity index (χ3v) is 2.60. The largest absolute Gasteiger partial charge is 0.491 e. The highest BCUT2D eigenvalue weighted by atomic mass is 19.3. The number of ether oxygens (including phenoxy) is 2. The van der Waals surface area contributed by atoms with Crippen molar-refractivity contribution in [3.63, 3.8) is 0 Å². The maximum absolute atomic E-state index is 11.9. The van der Waals surface area contributed by atoms with Gasteiger partial charge in [0.05, 0.1) is 11.8 Å². The molecule has 1 rings (SSSR count). The molecule has 0 N–H and O–H groups in total. The summed E-state index contributed by atoms with van der Waals surface area (Å²) < 4.78 is 34.8. The van der Waals surface area contributed by atoms with Crippen molar-refractivity contribution in [2.75, 3.05) is 13.2 Å². The lowest BCUT2D eigenvalue weighted by molar-refractivity contribution is 0.0197. The molecule has 0 bridgehead atoms. The van der Waals surface area contributed by atoms with Crippen LogP contribution in [0.15, 0.2) is 29.4 Å². The van der Waals surface area contributed by atoms with Crippen molar-refractivity contribution < 1.29 is 23.1 Å². The lowest BCUT2D eigenvalue weighted by Gasteiger charge is -2.13. The van der Waals surface area contributed by atoms with Crippen LogP contribution in [-0.2, 0) is 4.84 Å². The molecule has 118 valence electrons. The molecule has 0 fully saturated rings. The molecule has 0 aromatic heterocycles. The summed E-state index contributed by atoms with van der Waals surface area (Å²) in [6.45, 7) is 5.17. The number of hydrogen-bond donors (Lipinski definition) is 0. The molecule has 4 nitrogen and oxygen atoms in total. The molecular formula is C15H21F2NO3. The Morgan fingerprint density at radius 2 is 1.81 bits per heavy atom. The van der Waals surface area contributed by atoms with Crippen LogP contribution >= 0.6 is 0 Å². The highest BCUT2D eigenvalue weighted by molar-refractivity contribution is 5.82. The zero-order valence-corrected chi connectivity index (χ0v) is 12.5. The Labute approximate surface area is 123 Å². The first-order valence-corrected chi connectivity index (χ1v) is 6.84. The fourth-order valence-electron chi connectivity index (χ4n) is 1.35. The summed E-state index contributed by atoms with van der Waals surface area (Å²) in [6, 6.07) is 7.21. The van der Waals surface area contributed by atoms with Crippen LogP contribution in [0.25, 0.3) is 0 Å². The first-order valence-electron chi connectivity index (χ1n) is 6.84. The summed E-state index contributed by atoms with van der Waals surface area (Å²) in [6.07, 6.45) is -1.43. The second-order valence-electron chi connectivity index (χ2n) is 4.61. The fraction of sp³-hybridized carbons (Fsp3) is 0.533. The minimum atomic E-state index is -2.53. The van der Waals surface area contributed by atoms with Gasteiger partial charge >= 0.3 is 0 Å². The van der Waals surface area contributed by atoms with Gasteiger partial charge in [0.15, 0.2) is 6.61 Å². The van der Waals surface area contributed by atoms with Crippen LogP contribution in [0.4, 0.5) is 8.78 Å². The monoisotopic (exact) mass is 301 g/mol. The lowest BCUT2D eigenvalue weighted by Crippen LogP contribution is -2.10. The van der Waals surface area contributed by atoms with Crippen molar-refractivity contribution >= 4 is 5.71 Å². The van der Waals surface area contributed by atoms with E-state index >= 15 is 0 Å². The van der Waals surface area contributed by atoms with E-state index < -0.39 is 13.0 Å². The zero-order chi connectivity index (χ0) is 15.7. The van der Waals surface area contributed by atoms with Gasteiger partial charge in [0.2, 0.25) is 0 Å². The van der Waals surface area contributed by atoms with E-state index in [2.05, 4.69) is 16.9 Å². The molecule has 1 aromatic rings. The van der Waals surface area contributed by atoms with Crippen LogP contribution < -0.4 is 9.47 Å². The highest BCUT2D eigenvalue weighted by Crippen LogP contribution is 2.19. The van der Waals surface area contributed by atoms with Gasteiger partial charge in [0.1, 0.15) is 18.1 Å². The van der Waals surface area contributed by atoms with Crippen molar-refractivity contribution in [2.24, 2.45) is 5.16 Å². The number of oxime groups is 1. The predicted octanol–water partition coefficient (Wildman–Crippen LogP) is 3.90. The minimum absolute atomic E-state index is 0.165. The number of rotatable bonds is 9. The maximum atomic E-state index is 11.9. The standard InChI is InChI=1S/C15H21F2NO3/c1-4-12(3)21-14-7-5-13(6-8-14)19-9-11(2)18-20-10-15(16)17/h5-8,12,15H,4,9-10H2,1-3H3. The van der Waals surface area contributed by atoms with E-state index in [1.54, 1.807) is 19.1 Å². The summed E-state index contributed by atoms with van der Waals surface area (Å²) >= 11 is 0. The molecule has 1 unspecified atom stereocenters. The molecule has 0 saturated carbocycles. The average Bonchev–Trinajstić information content (AvgIpc) is 2.46. The van der Waals surface area contributed by atoms with Gasteiger partial charge in [-0.25, -0.2) is 8.78 Å². The van der Waals surface area contributed by atoms with Crippen LogP contribution in [0.1, 0.15) is 27.2 Å². The molecule has 0 aliphatic carbocycles. The second kappa shape index (κ2) is 9.15. The van der Waals surface area contributed by atoms with Crippen LogP contribution in [-0.4, -0.2) is 31.5 Å². The minimum Gasteiger partial charge on any atom is -0.491 e. The Morgan fingerprint density at radius 3 is 2.38 bits per heavy atom. The van der Waals surface area contributed by atoms with Gasteiger partial charge in [-0.1, -0.05) is 12.1 Å². The molecule has 0 saturated heterocycles. The Bertz CT molecular complexity index is 435. The predicted molar refractivity (Wildman–Crippen MR) is 77.4 cm³/mol. The normalized spacial score (nSPS) is 13.1. The van der Waals surface area contributed by atoms with Gasteiger partial charge in [0.25, 0.3) is 6.43 Å². The summed E-state index contributed by atoms with van der Waals surface area (Å²) in [5, 5.41) is 3.53. The Hall–Kier alpha value is -1.85. The number of alkyl halides is 2. The molecule has 0 spiro atoms. The van der Waals surface area contributed by atoms with Crippen molar-refractivity contribution in [3.05, 3.63) is 24.3 Å². The Kier molecular flexibility index (Phi) is 7.50. The second-order valence-corrected chi connectivity index (χ2v) is 4.61. The molecular weight excluding hydrogens is 280 g/mol. The molecule has 0 radical (unpaired) electrons. The average molecular weight is 301 g/mol. The van der Waals surface area contributed by atoms with E-state index in [4.69, 9.17) is 9.47 Å². The van der Waals surface area contributed by atoms with E-state index in [-0.39, 0.29) is 12.7 Å². The van der Waals surface area contributed by atoms with E-state index in [9.17, 15) is 8.78 Å². The van der Waals surface area contributed by atoms with Crippen molar-refractivity contribution in [1.82, 2.24) is 0 Å². The van der Waals surface area contributed by atoms with Gasteiger partial charge in [-0.2, -0.15) is 0 Å². The van der Waals surface area contributed by atoms with Crippen molar-refractivity contribution in [3.8, 4) is 11.5 Å². The number of benzene rings is 1. The van der Waals surface area contributed by atoms with E-state index in [1.165, 1.54) is 0 Å². The van der Waals surface area contributed by atoms with Crippen molar-refractivity contribution in [2.45, 2.75) is 39.7 Å². The van der Waals surface area contributed by atoms with Crippen LogP contribution in [0.5, 0.6) is 11.5 Å². The number of halogens is 2. The first kappa shape index (κ1) is 17.2. The number of nitrogens with zero attached hydrogens (tertiary/aromatic N) is 1. The summed E-state index contributed by atoms with van der Waals surface area (Å²) in [5.74, 6) is 1.43. The number of hydrogen-bond acceptors (Lipinski definition) is 4. The van der Waals surface area contributed by atoms with Crippen LogP contribution in [0.3, 0.4) is 0 Å².